The SMILES string of the molecule is CC(C)CCC(C)NS(=O)(=O)c1cccnc1Cl. The molecule has 0 amide bonds. The van der Waals surface area contributed by atoms with Crippen molar-refractivity contribution in [2.75, 3.05) is 0 Å². The first kappa shape index (κ1) is 15.4. The van der Waals surface area contributed by atoms with Gasteiger partial charge in [0.15, 0.2) is 0 Å². The summed E-state index contributed by atoms with van der Waals surface area (Å²) >= 11 is 5.79. The molecular weight excluding hydrogens is 272 g/mol. The molecule has 102 valence electrons. The average Bonchev–Trinajstić information content (AvgIpc) is 2.26. The Hall–Kier alpha value is -0.650. The number of nitrogens with one attached hydrogen (secondary N) is 1. The van der Waals surface area contributed by atoms with Crippen LogP contribution in [0.3, 0.4) is 0 Å². The van der Waals surface area contributed by atoms with E-state index in [1.165, 1.54) is 12.3 Å². The van der Waals surface area contributed by atoms with Gasteiger partial charge in [0.1, 0.15) is 10.0 Å². The van der Waals surface area contributed by atoms with Crippen molar-refractivity contribution < 1.29 is 8.42 Å². The third kappa shape index (κ3) is 4.55. The van der Waals surface area contributed by atoms with Crippen LogP contribution in [0.5, 0.6) is 0 Å². The quantitative estimate of drug-likeness (QED) is 0.820. The molecule has 1 aromatic rings. The van der Waals surface area contributed by atoms with Crippen LogP contribution in [0.2, 0.25) is 5.15 Å². The summed E-state index contributed by atoms with van der Waals surface area (Å²) in [6.07, 6.45) is 3.24. The van der Waals surface area contributed by atoms with Gasteiger partial charge in [-0.1, -0.05) is 25.4 Å². The minimum Gasteiger partial charge on any atom is -0.243 e. The van der Waals surface area contributed by atoms with E-state index >= 15 is 0 Å². The molecule has 0 spiro atoms. The lowest BCUT2D eigenvalue weighted by molar-refractivity contribution is 0.485. The lowest BCUT2D eigenvalue weighted by atomic mass is 10.1. The number of sulfonamides is 1. The lowest BCUT2D eigenvalue weighted by Gasteiger charge is -2.15. The second-order valence-corrected chi connectivity index (χ2v) is 6.83. The van der Waals surface area contributed by atoms with Crippen LogP contribution in [0.1, 0.15) is 33.6 Å². The number of pyridine rings is 1. The standard InChI is InChI=1S/C12H19ClN2O2S/c1-9(2)6-7-10(3)15-18(16,17)11-5-4-8-14-12(11)13/h4-5,8-10,15H,6-7H2,1-3H3. The Bertz CT molecular complexity index is 489. The number of nitrogens with zero attached hydrogens (tertiary/aromatic N) is 1. The highest BCUT2D eigenvalue weighted by atomic mass is 35.5. The van der Waals surface area contributed by atoms with Crippen molar-refractivity contribution in [3.63, 3.8) is 0 Å². The topological polar surface area (TPSA) is 59.1 Å². The van der Waals surface area contributed by atoms with Gasteiger partial charge in [-0.25, -0.2) is 18.1 Å². The molecule has 0 aliphatic rings. The van der Waals surface area contributed by atoms with E-state index in [1.54, 1.807) is 6.07 Å². The molecule has 1 aromatic heterocycles. The Morgan fingerprint density at radius 1 is 1.33 bits per heavy atom. The largest absolute Gasteiger partial charge is 0.243 e. The van der Waals surface area contributed by atoms with E-state index in [0.717, 1.165) is 12.8 Å². The number of aromatic nitrogens is 1. The van der Waals surface area contributed by atoms with Crippen molar-refractivity contribution in [1.82, 2.24) is 9.71 Å². The summed E-state index contributed by atoms with van der Waals surface area (Å²) in [4.78, 5) is 3.80. The lowest BCUT2D eigenvalue weighted by Crippen LogP contribution is -2.33. The highest BCUT2D eigenvalue weighted by Crippen LogP contribution is 2.18. The van der Waals surface area contributed by atoms with E-state index in [2.05, 4.69) is 23.6 Å². The zero-order valence-corrected chi connectivity index (χ0v) is 12.4. The molecule has 0 aliphatic carbocycles. The molecule has 0 fully saturated rings. The molecule has 0 radical (unpaired) electrons. The highest BCUT2D eigenvalue weighted by Gasteiger charge is 2.20. The van der Waals surface area contributed by atoms with Gasteiger partial charge in [0.2, 0.25) is 10.0 Å². The Kier molecular flexibility index (Phi) is 5.56. The summed E-state index contributed by atoms with van der Waals surface area (Å²) < 4.78 is 26.8. The summed E-state index contributed by atoms with van der Waals surface area (Å²) in [6, 6.07) is 2.89. The summed E-state index contributed by atoms with van der Waals surface area (Å²) in [6.45, 7) is 6.07. The zero-order chi connectivity index (χ0) is 13.8. The maximum atomic E-state index is 12.1. The summed E-state index contributed by atoms with van der Waals surface area (Å²) in [5.74, 6) is 0.555. The van der Waals surface area contributed by atoms with Crippen LogP contribution in [0, 0.1) is 5.92 Å². The van der Waals surface area contributed by atoms with Gasteiger partial charge in [-0.05, 0) is 37.8 Å². The van der Waals surface area contributed by atoms with Crippen LogP contribution in [0.25, 0.3) is 0 Å². The Labute approximate surface area is 114 Å². The van der Waals surface area contributed by atoms with Gasteiger partial charge in [-0.3, -0.25) is 0 Å². The fourth-order valence-electron chi connectivity index (χ4n) is 1.54. The molecule has 1 rings (SSSR count). The Balaban J connectivity index is 2.74. The van der Waals surface area contributed by atoms with Crippen LogP contribution >= 0.6 is 11.6 Å². The third-order valence-corrected chi connectivity index (χ3v) is 4.58. The van der Waals surface area contributed by atoms with E-state index in [9.17, 15) is 8.42 Å². The fourth-order valence-corrected chi connectivity index (χ4v) is 3.27. The monoisotopic (exact) mass is 290 g/mol. The maximum Gasteiger partial charge on any atom is 0.243 e. The number of hydrogen-bond acceptors (Lipinski definition) is 3. The molecule has 0 saturated carbocycles. The first-order valence-corrected chi connectivity index (χ1v) is 7.82. The molecule has 0 aromatic carbocycles. The van der Waals surface area contributed by atoms with Gasteiger partial charge in [0, 0.05) is 12.2 Å². The smallest absolute Gasteiger partial charge is 0.243 e. The van der Waals surface area contributed by atoms with Crippen LogP contribution in [-0.2, 0) is 10.0 Å². The molecular formula is C12H19ClN2O2S. The fraction of sp³-hybridized carbons (Fsp3) is 0.583. The number of halogens is 1. The summed E-state index contributed by atoms with van der Waals surface area (Å²) in [5, 5.41) is 0.000981. The number of rotatable bonds is 6. The van der Waals surface area contributed by atoms with Crippen molar-refractivity contribution in [1.29, 1.82) is 0 Å². The predicted octanol–water partition coefficient (Wildman–Crippen LogP) is 2.84. The van der Waals surface area contributed by atoms with Gasteiger partial charge < -0.3 is 0 Å². The Morgan fingerprint density at radius 3 is 2.56 bits per heavy atom. The van der Waals surface area contributed by atoms with Crippen molar-refractivity contribution in [3.8, 4) is 0 Å². The van der Waals surface area contributed by atoms with Gasteiger partial charge in [0.05, 0.1) is 0 Å². The second kappa shape index (κ2) is 6.50. The van der Waals surface area contributed by atoms with Gasteiger partial charge in [-0.2, -0.15) is 0 Å². The van der Waals surface area contributed by atoms with Gasteiger partial charge >= 0.3 is 0 Å². The molecule has 1 heterocycles. The normalized spacial score (nSPS) is 13.8. The predicted molar refractivity (Wildman–Crippen MR) is 73.1 cm³/mol. The van der Waals surface area contributed by atoms with Crippen LogP contribution in [-0.4, -0.2) is 19.4 Å². The molecule has 6 heteroatoms. The van der Waals surface area contributed by atoms with Crippen molar-refractivity contribution in [2.24, 2.45) is 5.92 Å². The molecule has 1 atom stereocenters. The minimum absolute atomic E-state index is 0.000981. The van der Waals surface area contributed by atoms with E-state index in [0.29, 0.717) is 5.92 Å². The highest BCUT2D eigenvalue weighted by molar-refractivity contribution is 7.89. The first-order valence-electron chi connectivity index (χ1n) is 5.95. The summed E-state index contributed by atoms with van der Waals surface area (Å²) in [7, 11) is -3.58. The Morgan fingerprint density at radius 2 is 2.00 bits per heavy atom. The van der Waals surface area contributed by atoms with Crippen LogP contribution in [0.15, 0.2) is 23.2 Å². The first-order chi connectivity index (χ1) is 8.33. The van der Waals surface area contributed by atoms with Crippen molar-refractivity contribution in [2.45, 2.75) is 44.6 Å². The molecule has 4 nitrogen and oxygen atoms in total. The van der Waals surface area contributed by atoms with E-state index in [4.69, 9.17) is 11.6 Å². The molecule has 0 bridgehead atoms. The van der Waals surface area contributed by atoms with Gasteiger partial charge in [-0.15, -0.1) is 0 Å². The molecule has 0 saturated heterocycles. The molecule has 18 heavy (non-hydrogen) atoms. The zero-order valence-electron chi connectivity index (χ0n) is 10.9. The van der Waals surface area contributed by atoms with E-state index in [1.807, 2.05) is 6.92 Å². The number of hydrogen-bond donors (Lipinski definition) is 1. The average molecular weight is 291 g/mol. The minimum atomic E-state index is -3.58. The maximum absolute atomic E-state index is 12.1. The molecule has 1 unspecified atom stereocenters. The van der Waals surface area contributed by atoms with E-state index in [-0.39, 0.29) is 16.1 Å². The van der Waals surface area contributed by atoms with Crippen LogP contribution in [0.4, 0.5) is 0 Å². The molecule has 0 aliphatic heterocycles. The van der Waals surface area contributed by atoms with Gasteiger partial charge in [0.25, 0.3) is 0 Å². The van der Waals surface area contributed by atoms with E-state index < -0.39 is 10.0 Å². The molecule has 1 N–H and O–H groups in total. The van der Waals surface area contributed by atoms with Crippen molar-refractivity contribution in [3.05, 3.63) is 23.5 Å². The second-order valence-electron chi connectivity index (χ2n) is 4.79. The van der Waals surface area contributed by atoms with Crippen molar-refractivity contribution >= 4 is 21.6 Å². The van der Waals surface area contributed by atoms with Crippen LogP contribution < -0.4 is 4.72 Å². The third-order valence-electron chi connectivity index (χ3n) is 2.55. The summed E-state index contributed by atoms with van der Waals surface area (Å²) in [5.41, 5.74) is 0.